The molecule has 2 rings (SSSR count). The fourth-order valence-electron chi connectivity index (χ4n) is 1.47. The Morgan fingerprint density at radius 1 is 1.50 bits per heavy atom. The van der Waals surface area contributed by atoms with Gasteiger partial charge in [0.05, 0.1) is 0 Å². The van der Waals surface area contributed by atoms with Gasteiger partial charge in [0.1, 0.15) is 0 Å². The summed E-state index contributed by atoms with van der Waals surface area (Å²) in [5, 5.41) is 2.79. The molecule has 0 spiro atoms. The second-order valence-corrected chi connectivity index (χ2v) is 3.85. The largest absolute Gasteiger partial charge is 0.348 e. The van der Waals surface area contributed by atoms with Gasteiger partial charge < -0.3 is 5.32 Å². The molecular weight excluding hydrogens is 218 g/mol. The quantitative estimate of drug-likeness (QED) is 0.720. The molecular formula is C9H8BrNO. The Kier molecular flexibility index (Phi) is 1.68. The average Bonchev–Trinajstić information content (AvgIpc) is 2.33. The van der Waals surface area contributed by atoms with E-state index in [0.29, 0.717) is 6.54 Å². The second kappa shape index (κ2) is 2.59. The van der Waals surface area contributed by atoms with Crippen molar-refractivity contribution in [2.45, 2.75) is 13.5 Å². The Morgan fingerprint density at radius 2 is 2.25 bits per heavy atom. The summed E-state index contributed by atoms with van der Waals surface area (Å²) in [6, 6.07) is 3.89. The maximum absolute atomic E-state index is 11.2. The van der Waals surface area contributed by atoms with Crippen molar-refractivity contribution >= 4 is 21.8 Å². The van der Waals surface area contributed by atoms with Crippen LogP contribution in [0.3, 0.4) is 0 Å². The number of fused-ring (bicyclic) bond motifs is 1. The molecule has 62 valence electrons. The molecule has 1 aromatic rings. The third kappa shape index (κ3) is 1.05. The van der Waals surface area contributed by atoms with E-state index in [0.717, 1.165) is 21.2 Å². The average molecular weight is 226 g/mol. The molecule has 1 heterocycles. The number of carbonyl (C=O) groups is 1. The van der Waals surface area contributed by atoms with Crippen LogP contribution in [0.2, 0.25) is 0 Å². The van der Waals surface area contributed by atoms with Crippen LogP contribution < -0.4 is 5.32 Å². The predicted octanol–water partition coefficient (Wildman–Crippen LogP) is 2.00. The van der Waals surface area contributed by atoms with Gasteiger partial charge in [-0.05, 0) is 30.2 Å². The van der Waals surface area contributed by atoms with E-state index in [1.54, 1.807) is 0 Å². The molecule has 0 saturated heterocycles. The summed E-state index contributed by atoms with van der Waals surface area (Å²) in [6.45, 7) is 2.69. The Bertz CT molecular complexity index is 360. The highest BCUT2D eigenvalue weighted by molar-refractivity contribution is 9.10. The van der Waals surface area contributed by atoms with Crippen molar-refractivity contribution in [2.75, 3.05) is 0 Å². The molecule has 0 radical (unpaired) electrons. The number of benzene rings is 1. The molecule has 0 unspecified atom stereocenters. The van der Waals surface area contributed by atoms with Gasteiger partial charge in [0.25, 0.3) is 5.91 Å². The fourth-order valence-corrected chi connectivity index (χ4v) is 2.05. The first-order chi connectivity index (χ1) is 5.68. The molecule has 2 nitrogen and oxygen atoms in total. The predicted molar refractivity (Wildman–Crippen MR) is 50.0 cm³/mol. The van der Waals surface area contributed by atoms with Gasteiger partial charge in [0.2, 0.25) is 0 Å². The summed E-state index contributed by atoms with van der Waals surface area (Å²) in [5.74, 6) is 0.0365. The third-order valence-electron chi connectivity index (χ3n) is 2.11. The van der Waals surface area contributed by atoms with E-state index in [9.17, 15) is 4.79 Å². The highest BCUT2D eigenvalue weighted by Crippen LogP contribution is 2.24. The van der Waals surface area contributed by atoms with E-state index < -0.39 is 0 Å². The maximum atomic E-state index is 11.2. The van der Waals surface area contributed by atoms with Crippen LogP contribution in [0.25, 0.3) is 0 Å². The summed E-state index contributed by atoms with van der Waals surface area (Å²) >= 11 is 3.36. The third-order valence-corrected chi connectivity index (χ3v) is 2.57. The number of rotatable bonds is 0. The molecule has 3 heteroatoms. The van der Waals surface area contributed by atoms with E-state index in [1.807, 2.05) is 19.1 Å². The Labute approximate surface area is 79.1 Å². The van der Waals surface area contributed by atoms with E-state index >= 15 is 0 Å². The van der Waals surface area contributed by atoms with Gasteiger partial charge in [0, 0.05) is 16.6 Å². The molecule has 0 saturated carbocycles. The minimum Gasteiger partial charge on any atom is -0.348 e. The van der Waals surface area contributed by atoms with E-state index in [-0.39, 0.29) is 5.91 Å². The van der Waals surface area contributed by atoms with Crippen molar-refractivity contribution in [1.29, 1.82) is 0 Å². The van der Waals surface area contributed by atoms with Crippen LogP contribution in [0, 0.1) is 6.92 Å². The Morgan fingerprint density at radius 3 is 3.00 bits per heavy atom. The van der Waals surface area contributed by atoms with E-state index in [4.69, 9.17) is 0 Å². The van der Waals surface area contributed by atoms with Gasteiger partial charge in [-0.25, -0.2) is 0 Å². The lowest BCUT2D eigenvalue weighted by atomic mass is 10.1. The Balaban J connectivity index is 2.68. The van der Waals surface area contributed by atoms with Crippen molar-refractivity contribution in [3.8, 4) is 0 Å². The molecule has 1 aromatic carbocycles. The van der Waals surface area contributed by atoms with Crippen LogP contribution >= 0.6 is 15.9 Å². The highest BCUT2D eigenvalue weighted by atomic mass is 79.9. The van der Waals surface area contributed by atoms with Crippen LogP contribution in [0.4, 0.5) is 0 Å². The number of carbonyl (C=O) groups excluding carboxylic acids is 1. The second-order valence-electron chi connectivity index (χ2n) is 2.93. The minimum atomic E-state index is 0.0365. The zero-order valence-electron chi connectivity index (χ0n) is 6.65. The van der Waals surface area contributed by atoms with Gasteiger partial charge in [-0.3, -0.25) is 4.79 Å². The summed E-state index contributed by atoms with van der Waals surface area (Å²) < 4.78 is 0.968. The highest BCUT2D eigenvalue weighted by Gasteiger charge is 2.20. The molecule has 0 aliphatic carbocycles. The minimum absolute atomic E-state index is 0.0365. The summed E-state index contributed by atoms with van der Waals surface area (Å²) in [5.41, 5.74) is 3.10. The number of amides is 1. The zero-order chi connectivity index (χ0) is 8.72. The van der Waals surface area contributed by atoms with Crippen molar-refractivity contribution in [2.24, 2.45) is 0 Å². The topological polar surface area (TPSA) is 29.1 Å². The molecule has 0 aromatic heterocycles. The van der Waals surface area contributed by atoms with Crippen LogP contribution in [0.1, 0.15) is 21.5 Å². The first-order valence-corrected chi connectivity index (χ1v) is 4.55. The smallest absolute Gasteiger partial charge is 0.251 e. The van der Waals surface area contributed by atoms with Gasteiger partial charge in [-0.2, -0.15) is 0 Å². The van der Waals surface area contributed by atoms with Gasteiger partial charge in [-0.1, -0.05) is 15.9 Å². The van der Waals surface area contributed by atoms with Crippen molar-refractivity contribution in [3.63, 3.8) is 0 Å². The van der Waals surface area contributed by atoms with Crippen LogP contribution in [0.15, 0.2) is 16.6 Å². The van der Waals surface area contributed by atoms with E-state index in [1.165, 1.54) is 0 Å². The first-order valence-electron chi connectivity index (χ1n) is 3.75. The molecule has 0 fully saturated rings. The number of nitrogens with one attached hydrogen (secondary N) is 1. The fraction of sp³-hybridized carbons (Fsp3) is 0.222. The number of halogens is 1. The molecule has 0 atom stereocenters. The molecule has 1 N–H and O–H groups in total. The number of hydrogen-bond acceptors (Lipinski definition) is 1. The van der Waals surface area contributed by atoms with Crippen LogP contribution in [-0.4, -0.2) is 5.91 Å². The summed E-state index contributed by atoms with van der Waals surface area (Å²) in [7, 11) is 0. The number of hydrogen-bond donors (Lipinski definition) is 1. The summed E-state index contributed by atoms with van der Waals surface area (Å²) in [4.78, 5) is 11.2. The monoisotopic (exact) mass is 225 g/mol. The van der Waals surface area contributed by atoms with Gasteiger partial charge >= 0.3 is 0 Å². The lowest BCUT2D eigenvalue weighted by Crippen LogP contribution is -2.12. The van der Waals surface area contributed by atoms with Crippen LogP contribution in [0.5, 0.6) is 0 Å². The lowest BCUT2D eigenvalue weighted by molar-refractivity contribution is 0.0965. The van der Waals surface area contributed by atoms with Crippen molar-refractivity contribution in [1.82, 2.24) is 5.32 Å². The van der Waals surface area contributed by atoms with E-state index in [2.05, 4.69) is 21.2 Å². The standard InChI is InChI=1S/C9H8BrNO/c1-5-2-6(10)3-7-8(5)4-11-9(7)12/h2-3H,4H2,1H3,(H,11,12). The lowest BCUT2D eigenvalue weighted by Gasteiger charge is -2.01. The normalized spacial score (nSPS) is 14.3. The summed E-state index contributed by atoms with van der Waals surface area (Å²) in [6.07, 6.45) is 0. The SMILES string of the molecule is Cc1cc(Br)cc2c1CNC2=O. The molecule has 1 aliphatic heterocycles. The molecule has 1 aliphatic rings. The van der Waals surface area contributed by atoms with Gasteiger partial charge in [-0.15, -0.1) is 0 Å². The maximum Gasteiger partial charge on any atom is 0.251 e. The van der Waals surface area contributed by atoms with Crippen LogP contribution in [-0.2, 0) is 6.54 Å². The number of aryl methyl sites for hydroxylation is 1. The van der Waals surface area contributed by atoms with Crippen molar-refractivity contribution in [3.05, 3.63) is 33.3 Å². The first kappa shape index (κ1) is 7.80. The molecule has 1 amide bonds. The Hall–Kier alpha value is -0.830. The molecule has 0 bridgehead atoms. The van der Waals surface area contributed by atoms with Crippen molar-refractivity contribution < 1.29 is 4.79 Å². The zero-order valence-corrected chi connectivity index (χ0v) is 8.23. The molecule has 12 heavy (non-hydrogen) atoms. The van der Waals surface area contributed by atoms with Gasteiger partial charge in [0.15, 0.2) is 0 Å².